The molecule has 5 aliphatic rings. The van der Waals surface area contributed by atoms with Gasteiger partial charge in [0, 0.05) is 22.3 Å². The molecule has 0 fully saturated rings. The minimum absolute atomic E-state index is 0. The largest absolute Gasteiger partial charge is 0.244 e. The zero-order valence-electron chi connectivity index (χ0n) is 28.8. The van der Waals surface area contributed by atoms with Crippen molar-refractivity contribution >= 4 is 57.5 Å². The van der Waals surface area contributed by atoms with Crippen molar-refractivity contribution in [1.29, 1.82) is 0 Å². The Morgan fingerprint density at radius 3 is 1.00 bits per heavy atom. The van der Waals surface area contributed by atoms with E-state index in [0.29, 0.717) is 16.7 Å². The van der Waals surface area contributed by atoms with E-state index >= 15 is 35.1 Å². The van der Waals surface area contributed by atoms with Crippen LogP contribution in [0.4, 0.5) is 35.1 Å². The van der Waals surface area contributed by atoms with E-state index in [4.69, 9.17) is 4.99 Å². The second-order valence-corrected chi connectivity index (χ2v) is 12.7. The molecule has 0 unspecified atom stereocenters. The molecule has 280 valence electrons. The zero-order valence-corrected chi connectivity index (χ0v) is 29.6. The predicted molar refractivity (Wildman–Crippen MR) is 207 cm³/mol. The monoisotopic (exact) mass is 792 g/mol. The van der Waals surface area contributed by atoms with Crippen molar-refractivity contribution in [2.45, 2.75) is 0 Å². The smallest absolute Gasteiger partial charge is 0.189 e. The molecule has 0 amide bonds. The number of nitrogens with zero attached hydrogens (tertiary/aromatic N) is 4. The maximum Gasteiger partial charge on any atom is 0.189 e. The summed E-state index contributed by atoms with van der Waals surface area (Å²) in [5.74, 6) is -15.0. The summed E-state index contributed by atoms with van der Waals surface area (Å²) in [5.41, 5.74) is -6.73. The Hall–Kier alpha value is -6.79. The van der Waals surface area contributed by atoms with E-state index in [0.717, 1.165) is 0 Å². The van der Waals surface area contributed by atoms with Gasteiger partial charge in [0.05, 0.1) is 11.4 Å². The summed E-state index contributed by atoms with van der Waals surface area (Å²) in [7, 11) is 0. The first-order valence-corrected chi connectivity index (χ1v) is 16.9. The van der Waals surface area contributed by atoms with Gasteiger partial charge in [0.1, 0.15) is 34.2 Å². The maximum absolute atomic E-state index is 17.2. The van der Waals surface area contributed by atoms with Crippen molar-refractivity contribution in [1.82, 2.24) is 0 Å². The number of hydrogen-bond acceptors (Lipinski definition) is 4. The predicted octanol–water partition coefficient (Wildman–Crippen LogP) is 12.5. The highest BCUT2D eigenvalue weighted by atomic mass is 35.5. The summed E-state index contributed by atoms with van der Waals surface area (Å²) in [6.07, 6.45) is 0. The zero-order chi connectivity index (χ0) is 38.8. The number of fused-ring (bicyclic) bond motifs is 4. The average molecular weight is 793 g/mol. The van der Waals surface area contributed by atoms with E-state index in [1.807, 2.05) is 0 Å². The second kappa shape index (κ2) is 14.4. The van der Waals surface area contributed by atoms with Gasteiger partial charge in [-0.05, 0) is 22.3 Å². The van der Waals surface area contributed by atoms with Gasteiger partial charge < -0.3 is 0 Å². The number of aliphatic imine (C=N–C) groups is 4. The number of hydrogen-bond donors (Lipinski definition) is 0. The van der Waals surface area contributed by atoms with Gasteiger partial charge >= 0.3 is 0 Å². The summed E-state index contributed by atoms with van der Waals surface area (Å²) in [5, 5.41) is 0. The van der Waals surface area contributed by atoms with Crippen LogP contribution in [0, 0.1) is 0 Å². The molecule has 0 aliphatic carbocycles. The fraction of sp³-hybridized carbons (Fsp3) is 0. The van der Waals surface area contributed by atoms with E-state index in [9.17, 15) is 0 Å². The minimum atomic E-state index is -2.11. The third-order valence-electron chi connectivity index (χ3n) is 9.47. The standard InChI is InChI=1S/C44H20F8N4.ClH/c45-29-27(23-17-9-3-10-18-23)38-28(24-19-11-4-12-20-24)37-25(21-13-5-1-6-14-21)26(22-15-7-2-8-16-22)39(53-37)34(50)41-30(46)31(47)43(55-41)36(52)44-33(49)32(48)42(56-44)35(51)40(29)54-38;/h1-20H;1H. The Morgan fingerprint density at radius 1 is 0.246 bits per heavy atom. The number of benzene rings is 4. The number of allylic oxidation sites excluding steroid dienone is 12. The molecule has 0 atom stereocenters. The summed E-state index contributed by atoms with van der Waals surface area (Å²) in [6.45, 7) is 0. The lowest BCUT2D eigenvalue weighted by Crippen LogP contribution is -2.07. The van der Waals surface area contributed by atoms with Crippen LogP contribution in [0.25, 0.3) is 22.3 Å². The summed E-state index contributed by atoms with van der Waals surface area (Å²) < 4.78 is 129. The number of rotatable bonds is 4. The highest BCUT2D eigenvalue weighted by molar-refractivity contribution is 6.51. The van der Waals surface area contributed by atoms with Crippen molar-refractivity contribution in [3.8, 4) is 0 Å². The maximum atomic E-state index is 17.2. The van der Waals surface area contributed by atoms with Crippen LogP contribution in [0.5, 0.6) is 0 Å². The Balaban J connectivity index is 0.00000455. The van der Waals surface area contributed by atoms with Gasteiger partial charge in [-0.3, -0.25) is 0 Å². The first kappa shape index (κ1) is 37.1. The van der Waals surface area contributed by atoms with Crippen LogP contribution in [0.2, 0.25) is 0 Å². The van der Waals surface area contributed by atoms with E-state index < -0.39 is 80.8 Å². The van der Waals surface area contributed by atoms with Gasteiger partial charge in [-0.2, -0.15) is 0 Å². The fourth-order valence-corrected chi connectivity index (χ4v) is 6.95. The SMILES string of the molecule is Cl.FC1=C(F)C2=C(F)C3=NC(=C(F)C4=NC(=C(c5ccccc5)C5=NC(=C(F)C1=N2)C(F)=C5c1ccccc1)C(c1ccccc1)=C4c1ccccc1)C(F)=C3F. The minimum Gasteiger partial charge on any atom is -0.244 e. The van der Waals surface area contributed by atoms with Crippen LogP contribution in [-0.4, -0.2) is 22.8 Å². The van der Waals surface area contributed by atoms with Gasteiger partial charge in [-0.25, -0.2) is 55.1 Å². The highest BCUT2D eigenvalue weighted by Crippen LogP contribution is 2.50. The fourth-order valence-electron chi connectivity index (χ4n) is 6.95. The molecule has 0 spiro atoms. The normalized spacial score (nSPS) is 18.2. The quantitative estimate of drug-likeness (QED) is 0.185. The Labute approximate surface area is 324 Å². The molecule has 5 aliphatic heterocycles. The third kappa shape index (κ3) is 5.83. The lowest BCUT2D eigenvalue weighted by Gasteiger charge is -2.17. The molecule has 4 aromatic rings. The van der Waals surface area contributed by atoms with Crippen molar-refractivity contribution in [2.75, 3.05) is 0 Å². The highest BCUT2D eigenvalue weighted by Gasteiger charge is 2.42. The van der Waals surface area contributed by atoms with E-state index in [1.165, 1.54) is 12.1 Å². The summed E-state index contributed by atoms with van der Waals surface area (Å²) >= 11 is 0. The molecule has 4 aromatic carbocycles. The van der Waals surface area contributed by atoms with Crippen LogP contribution in [0.15, 0.2) is 211 Å². The molecule has 13 heteroatoms. The molecule has 5 heterocycles. The molecule has 0 saturated carbocycles. The van der Waals surface area contributed by atoms with E-state index in [2.05, 4.69) is 15.0 Å². The molecule has 0 N–H and O–H groups in total. The van der Waals surface area contributed by atoms with Crippen molar-refractivity contribution in [3.05, 3.63) is 213 Å². The van der Waals surface area contributed by atoms with Crippen molar-refractivity contribution < 1.29 is 35.1 Å². The summed E-state index contributed by atoms with van der Waals surface area (Å²) in [6, 6.07) is 32.9. The van der Waals surface area contributed by atoms with Gasteiger partial charge in [0.2, 0.25) is 0 Å². The lowest BCUT2D eigenvalue weighted by molar-refractivity contribution is 0.559. The van der Waals surface area contributed by atoms with E-state index in [1.54, 1.807) is 109 Å². The second-order valence-electron chi connectivity index (χ2n) is 12.7. The van der Waals surface area contributed by atoms with Crippen LogP contribution < -0.4 is 0 Å². The number of halogens is 9. The summed E-state index contributed by atoms with van der Waals surface area (Å²) in [4.78, 5) is 16.0. The van der Waals surface area contributed by atoms with E-state index in [-0.39, 0.29) is 51.7 Å². The van der Waals surface area contributed by atoms with Crippen molar-refractivity contribution in [2.24, 2.45) is 20.0 Å². The average Bonchev–Trinajstić information content (AvgIpc) is 3.96. The van der Waals surface area contributed by atoms with Gasteiger partial charge in [0.15, 0.2) is 46.6 Å². The van der Waals surface area contributed by atoms with Crippen LogP contribution in [0.3, 0.4) is 0 Å². The molecule has 0 saturated heterocycles. The molecule has 0 aromatic heterocycles. The Kier molecular flexibility index (Phi) is 9.37. The molecule has 9 rings (SSSR count). The topological polar surface area (TPSA) is 49.4 Å². The molecular formula is C44H21ClF8N4. The van der Waals surface area contributed by atoms with Crippen molar-refractivity contribution in [3.63, 3.8) is 0 Å². The molecule has 4 nitrogen and oxygen atoms in total. The molecule has 0 radical (unpaired) electrons. The van der Waals surface area contributed by atoms with Gasteiger partial charge in [-0.15, -0.1) is 12.4 Å². The van der Waals surface area contributed by atoms with Gasteiger partial charge in [-0.1, -0.05) is 121 Å². The molecule has 8 bridgehead atoms. The van der Waals surface area contributed by atoms with Gasteiger partial charge in [0.25, 0.3) is 0 Å². The lowest BCUT2D eigenvalue weighted by atomic mass is 9.85. The van der Waals surface area contributed by atoms with Crippen LogP contribution in [-0.2, 0) is 0 Å². The first-order chi connectivity index (χ1) is 27.2. The van der Waals surface area contributed by atoms with Crippen LogP contribution >= 0.6 is 12.4 Å². The molecule has 57 heavy (non-hydrogen) atoms. The van der Waals surface area contributed by atoms with Crippen LogP contribution in [0.1, 0.15) is 22.3 Å². The Bertz CT molecular complexity index is 2820. The third-order valence-corrected chi connectivity index (χ3v) is 9.47. The molecular weight excluding hydrogens is 772 g/mol. The Morgan fingerprint density at radius 2 is 0.561 bits per heavy atom. The first-order valence-electron chi connectivity index (χ1n) is 16.9.